The third kappa shape index (κ3) is 3.94. The molecule has 0 atom stereocenters. The number of carboxylic acid groups (broad SMARTS) is 1. The number of anilines is 1. The summed E-state index contributed by atoms with van der Waals surface area (Å²) in [5.41, 5.74) is -0.544. The highest BCUT2D eigenvalue weighted by molar-refractivity contribution is 7.16. The molecule has 0 saturated carbocycles. The van der Waals surface area contributed by atoms with Crippen molar-refractivity contribution in [3.63, 3.8) is 0 Å². The maximum atomic E-state index is 13.3. The van der Waals surface area contributed by atoms with Gasteiger partial charge in [-0.15, -0.1) is 11.3 Å². The smallest absolute Gasteiger partial charge is 0.416 e. The van der Waals surface area contributed by atoms with Gasteiger partial charge in [0.15, 0.2) is 0 Å². The van der Waals surface area contributed by atoms with Crippen molar-refractivity contribution in [3.05, 3.63) is 45.8 Å². The molecule has 0 aliphatic rings. The van der Waals surface area contributed by atoms with Crippen LogP contribution in [0.1, 0.15) is 21.8 Å². The highest BCUT2D eigenvalue weighted by Crippen LogP contribution is 2.32. The zero-order chi connectivity index (χ0) is 16.5. The van der Waals surface area contributed by atoms with Gasteiger partial charge in [0, 0.05) is 6.42 Å². The van der Waals surface area contributed by atoms with Gasteiger partial charge in [0.05, 0.1) is 16.3 Å². The van der Waals surface area contributed by atoms with Crippen LogP contribution in [0.25, 0.3) is 0 Å². The Morgan fingerprint density at radius 3 is 2.64 bits per heavy atom. The minimum atomic E-state index is -4.63. The van der Waals surface area contributed by atoms with Crippen molar-refractivity contribution < 1.29 is 27.5 Å². The number of aryl methyl sites for hydroxylation is 1. The van der Waals surface area contributed by atoms with Crippen molar-refractivity contribution in [3.8, 4) is 0 Å². The number of thiazole rings is 1. The van der Waals surface area contributed by atoms with E-state index in [-0.39, 0.29) is 17.0 Å². The Kier molecular flexibility index (Phi) is 4.36. The van der Waals surface area contributed by atoms with E-state index >= 15 is 0 Å². The van der Waals surface area contributed by atoms with Gasteiger partial charge in [-0.25, -0.2) is 14.2 Å². The predicted molar refractivity (Wildman–Crippen MR) is 72.7 cm³/mol. The largest absolute Gasteiger partial charge is 0.465 e. The summed E-state index contributed by atoms with van der Waals surface area (Å²) >= 11 is 0.995. The second kappa shape index (κ2) is 5.91. The van der Waals surface area contributed by atoms with Gasteiger partial charge in [-0.05, 0) is 30.7 Å². The summed E-state index contributed by atoms with van der Waals surface area (Å²) in [6, 6.07) is 2.27. The number of nitrogens with one attached hydrogen (secondary N) is 1. The van der Waals surface area contributed by atoms with Gasteiger partial charge in [0.25, 0.3) is 0 Å². The van der Waals surface area contributed by atoms with Crippen molar-refractivity contribution in [2.45, 2.75) is 19.5 Å². The summed E-state index contributed by atoms with van der Waals surface area (Å²) in [5.74, 6) is -0.984. The number of benzene rings is 1. The first-order valence-corrected chi connectivity index (χ1v) is 6.79. The number of carbonyl (C=O) groups is 1. The lowest BCUT2D eigenvalue weighted by molar-refractivity contribution is -0.137. The van der Waals surface area contributed by atoms with Gasteiger partial charge < -0.3 is 5.11 Å². The average molecular weight is 334 g/mol. The number of hydrogen-bond acceptors (Lipinski definition) is 3. The predicted octanol–water partition coefficient (Wildman–Crippen LogP) is 4.29. The third-order valence-electron chi connectivity index (χ3n) is 2.70. The number of rotatable bonds is 3. The highest BCUT2D eigenvalue weighted by atomic mass is 32.1. The van der Waals surface area contributed by atoms with Crippen molar-refractivity contribution >= 4 is 22.4 Å². The summed E-state index contributed by atoms with van der Waals surface area (Å²) < 4.78 is 51.2. The molecule has 0 bridgehead atoms. The van der Waals surface area contributed by atoms with Crippen LogP contribution >= 0.6 is 11.3 Å². The van der Waals surface area contributed by atoms with Crippen LogP contribution in [0, 0.1) is 12.7 Å². The third-order valence-corrected chi connectivity index (χ3v) is 3.77. The molecule has 118 valence electrons. The molecule has 0 saturated heterocycles. The van der Waals surface area contributed by atoms with Crippen LogP contribution in [-0.2, 0) is 12.6 Å². The zero-order valence-electron chi connectivity index (χ0n) is 11.2. The minimum Gasteiger partial charge on any atom is -0.465 e. The topological polar surface area (TPSA) is 62.2 Å². The highest BCUT2D eigenvalue weighted by Gasteiger charge is 2.31. The summed E-state index contributed by atoms with van der Waals surface area (Å²) in [7, 11) is 0. The molecule has 22 heavy (non-hydrogen) atoms. The van der Waals surface area contributed by atoms with Crippen molar-refractivity contribution in [2.24, 2.45) is 0 Å². The van der Waals surface area contributed by atoms with E-state index in [1.807, 2.05) is 0 Å². The first-order chi connectivity index (χ1) is 10.1. The minimum absolute atomic E-state index is 0.0202. The first kappa shape index (κ1) is 16.2. The van der Waals surface area contributed by atoms with E-state index in [1.54, 1.807) is 6.92 Å². The summed E-state index contributed by atoms with van der Waals surface area (Å²) in [5, 5.41) is 11.5. The summed E-state index contributed by atoms with van der Waals surface area (Å²) in [6.45, 7) is 1.57. The molecule has 1 aromatic carbocycles. The fourth-order valence-corrected chi connectivity index (χ4v) is 2.82. The number of amides is 1. The Hall–Kier alpha value is -2.16. The van der Waals surface area contributed by atoms with E-state index in [0.29, 0.717) is 16.8 Å². The summed E-state index contributed by atoms with van der Waals surface area (Å²) in [4.78, 5) is 14.7. The number of aromatic nitrogens is 1. The lowest BCUT2D eigenvalue weighted by Gasteiger charge is -2.08. The molecule has 2 aromatic rings. The van der Waals surface area contributed by atoms with Gasteiger partial charge in [-0.3, -0.25) is 5.32 Å². The Bertz CT molecular complexity index is 713. The molecule has 0 aliphatic heterocycles. The number of halogens is 4. The van der Waals surface area contributed by atoms with E-state index in [2.05, 4.69) is 10.3 Å². The van der Waals surface area contributed by atoms with Gasteiger partial charge in [-0.2, -0.15) is 13.2 Å². The normalized spacial score (nSPS) is 11.5. The van der Waals surface area contributed by atoms with Crippen LogP contribution in [0.3, 0.4) is 0 Å². The Morgan fingerprint density at radius 2 is 2.05 bits per heavy atom. The van der Waals surface area contributed by atoms with E-state index < -0.39 is 23.7 Å². The first-order valence-electron chi connectivity index (χ1n) is 5.98. The molecule has 0 aliphatic carbocycles. The zero-order valence-corrected chi connectivity index (χ0v) is 12.0. The molecular weight excluding hydrogens is 324 g/mol. The van der Waals surface area contributed by atoms with E-state index in [0.717, 1.165) is 23.5 Å². The lowest BCUT2D eigenvalue weighted by atomic mass is 10.1. The fraction of sp³-hybridized carbons (Fsp3) is 0.231. The van der Waals surface area contributed by atoms with Crippen LogP contribution in [0.4, 0.5) is 27.4 Å². The molecule has 2 N–H and O–H groups in total. The van der Waals surface area contributed by atoms with E-state index in [4.69, 9.17) is 5.11 Å². The Labute approximate surface area is 126 Å². The molecule has 0 radical (unpaired) electrons. The van der Waals surface area contributed by atoms with Crippen molar-refractivity contribution in [1.29, 1.82) is 0 Å². The number of hydrogen-bond donors (Lipinski definition) is 2. The second-order valence-electron chi connectivity index (χ2n) is 4.47. The molecule has 0 unspecified atom stereocenters. The fourth-order valence-electron chi connectivity index (χ4n) is 1.83. The van der Waals surface area contributed by atoms with Crippen molar-refractivity contribution in [2.75, 3.05) is 5.32 Å². The molecule has 9 heteroatoms. The Morgan fingerprint density at radius 1 is 1.36 bits per heavy atom. The molecule has 0 fully saturated rings. The van der Waals surface area contributed by atoms with E-state index in [9.17, 15) is 22.4 Å². The molecule has 1 heterocycles. The van der Waals surface area contributed by atoms with Gasteiger partial charge in [-0.1, -0.05) is 0 Å². The van der Waals surface area contributed by atoms with Crippen molar-refractivity contribution in [1.82, 2.24) is 4.98 Å². The molecular formula is C13H10F4N2O2S. The standard InChI is InChI=1S/C13H10F4N2O2S/c1-6-11(19-12(20)21)22-10(18-6)4-7-2-8(13(15,16)17)5-9(14)3-7/h2-3,5,19H,4H2,1H3,(H,20,21). The molecule has 1 aromatic heterocycles. The number of alkyl halides is 3. The SMILES string of the molecule is Cc1nc(Cc2cc(F)cc(C(F)(F)F)c2)sc1NC(=O)O. The van der Waals surface area contributed by atoms with Crippen LogP contribution in [0.15, 0.2) is 18.2 Å². The van der Waals surface area contributed by atoms with Gasteiger partial charge in [0.2, 0.25) is 0 Å². The number of nitrogens with zero attached hydrogens (tertiary/aromatic N) is 1. The monoisotopic (exact) mass is 334 g/mol. The lowest BCUT2D eigenvalue weighted by Crippen LogP contribution is -2.06. The maximum absolute atomic E-state index is 13.3. The van der Waals surface area contributed by atoms with Gasteiger partial charge >= 0.3 is 12.3 Å². The maximum Gasteiger partial charge on any atom is 0.416 e. The van der Waals surface area contributed by atoms with Crippen LogP contribution in [0.2, 0.25) is 0 Å². The Balaban J connectivity index is 2.28. The molecule has 0 spiro atoms. The summed E-state index contributed by atoms with van der Waals surface area (Å²) in [6.07, 6.45) is -5.91. The van der Waals surface area contributed by atoms with Gasteiger partial charge in [0.1, 0.15) is 10.8 Å². The quantitative estimate of drug-likeness (QED) is 0.823. The van der Waals surface area contributed by atoms with Crippen LogP contribution in [0.5, 0.6) is 0 Å². The molecule has 1 amide bonds. The molecule has 4 nitrogen and oxygen atoms in total. The van der Waals surface area contributed by atoms with E-state index in [1.165, 1.54) is 0 Å². The van der Waals surface area contributed by atoms with Crippen LogP contribution < -0.4 is 5.32 Å². The average Bonchev–Trinajstić information content (AvgIpc) is 2.66. The second-order valence-corrected chi connectivity index (χ2v) is 5.56. The molecule has 2 rings (SSSR count). The van der Waals surface area contributed by atoms with Crippen LogP contribution in [-0.4, -0.2) is 16.2 Å².